The number of nitrogens with two attached hydrogens (primary N) is 1. The largest absolute Gasteiger partial charge is 0.483 e. The highest BCUT2D eigenvalue weighted by molar-refractivity contribution is 5.77. The Bertz CT molecular complexity index is 494. The molecule has 0 fully saturated rings. The van der Waals surface area contributed by atoms with E-state index in [1.54, 1.807) is 0 Å². The van der Waals surface area contributed by atoms with Gasteiger partial charge in [0.05, 0.1) is 6.07 Å². The average molecular weight is 275 g/mol. The minimum Gasteiger partial charge on any atom is -0.483 e. The number of carbonyl (C=O) groups excluding carboxylic acids is 1. The summed E-state index contributed by atoms with van der Waals surface area (Å²) in [6.45, 7) is 3.93. The van der Waals surface area contributed by atoms with Crippen LogP contribution < -0.4 is 15.8 Å². The molecule has 0 saturated heterocycles. The van der Waals surface area contributed by atoms with Gasteiger partial charge in [0, 0.05) is 6.04 Å². The van der Waals surface area contributed by atoms with Crippen LogP contribution in [0.4, 0.5) is 0 Å². The Morgan fingerprint density at radius 1 is 1.55 bits per heavy atom. The molecule has 0 aliphatic carbocycles. The van der Waals surface area contributed by atoms with Gasteiger partial charge in [0.2, 0.25) is 0 Å². The molecule has 0 aliphatic rings. The zero-order valence-electron chi connectivity index (χ0n) is 12.0. The van der Waals surface area contributed by atoms with Crippen molar-refractivity contribution < 1.29 is 9.53 Å². The van der Waals surface area contributed by atoms with E-state index < -0.39 is 0 Å². The first-order valence-electron chi connectivity index (χ1n) is 6.68. The van der Waals surface area contributed by atoms with Crippen molar-refractivity contribution in [2.75, 3.05) is 13.2 Å². The maximum atomic E-state index is 11.4. The number of hydrogen-bond acceptors (Lipinski definition) is 4. The van der Waals surface area contributed by atoms with Crippen molar-refractivity contribution in [1.82, 2.24) is 5.32 Å². The first-order chi connectivity index (χ1) is 9.56. The third-order valence-electron chi connectivity index (χ3n) is 2.95. The van der Waals surface area contributed by atoms with Crippen molar-refractivity contribution in [3.63, 3.8) is 0 Å². The summed E-state index contributed by atoms with van der Waals surface area (Å²) in [4.78, 5) is 11.4. The number of hydrogen-bond donors (Lipinski definition) is 2. The van der Waals surface area contributed by atoms with E-state index in [1.807, 2.05) is 38.1 Å². The summed E-state index contributed by atoms with van der Waals surface area (Å²) in [5.74, 6) is 0.365. The van der Waals surface area contributed by atoms with E-state index in [2.05, 4.69) is 5.32 Å². The fourth-order valence-electron chi connectivity index (χ4n) is 1.77. The smallest absolute Gasteiger partial charge is 0.258 e. The normalized spacial score (nSPS) is 11.5. The van der Waals surface area contributed by atoms with Crippen molar-refractivity contribution >= 4 is 5.91 Å². The van der Waals surface area contributed by atoms with Gasteiger partial charge in [-0.2, -0.15) is 5.26 Å². The molecule has 0 aliphatic heterocycles. The minimum atomic E-state index is -0.308. The molecule has 20 heavy (non-hydrogen) atoms. The Hall–Kier alpha value is -2.06. The predicted octanol–water partition coefficient (Wildman–Crippen LogP) is 1.29. The molecule has 1 unspecified atom stereocenters. The van der Waals surface area contributed by atoms with Gasteiger partial charge in [-0.25, -0.2) is 0 Å². The number of nitriles is 1. The highest BCUT2D eigenvalue weighted by Crippen LogP contribution is 2.21. The van der Waals surface area contributed by atoms with E-state index in [0.29, 0.717) is 12.2 Å². The van der Waals surface area contributed by atoms with Gasteiger partial charge in [0.25, 0.3) is 5.91 Å². The fourth-order valence-corrected chi connectivity index (χ4v) is 1.77. The Morgan fingerprint density at radius 3 is 2.95 bits per heavy atom. The number of rotatable bonds is 7. The molecule has 1 aromatic rings. The number of benzene rings is 1. The van der Waals surface area contributed by atoms with E-state index in [0.717, 1.165) is 17.5 Å². The van der Waals surface area contributed by atoms with Crippen molar-refractivity contribution in [2.45, 2.75) is 32.7 Å². The van der Waals surface area contributed by atoms with Crippen LogP contribution in [0.3, 0.4) is 0 Å². The van der Waals surface area contributed by atoms with Gasteiger partial charge in [-0.3, -0.25) is 4.79 Å². The van der Waals surface area contributed by atoms with Gasteiger partial charge in [-0.1, -0.05) is 24.6 Å². The second-order valence-corrected chi connectivity index (χ2v) is 4.71. The molecule has 0 spiro atoms. The molecule has 0 radical (unpaired) electrons. The van der Waals surface area contributed by atoms with Crippen LogP contribution in [0.25, 0.3) is 0 Å². The van der Waals surface area contributed by atoms with E-state index in [9.17, 15) is 4.79 Å². The second-order valence-electron chi connectivity index (χ2n) is 4.71. The molecular formula is C15H21N3O2. The van der Waals surface area contributed by atoms with E-state index in [1.165, 1.54) is 0 Å². The van der Waals surface area contributed by atoms with E-state index in [-0.39, 0.29) is 25.1 Å². The summed E-state index contributed by atoms with van der Waals surface area (Å²) in [6, 6.07) is 7.73. The van der Waals surface area contributed by atoms with Crippen LogP contribution in [0.5, 0.6) is 5.75 Å². The molecule has 1 rings (SSSR count). The molecule has 1 atom stereocenters. The van der Waals surface area contributed by atoms with E-state index in [4.69, 9.17) is 15.7 Å². The van der Waals surface area contributed by atoms with Gasteiger partial charge in [0.15, 0.2) is 6.61 Å². The molecule has 0 aromatic heterocycles. The Morgan fingerprint density at radius 2 is 2.30 bits per heavy atom. The number of amides is 1. The van der Waals surface area contributed by atoms with Crippen LogP contribution >= 0.6 is 0 Å². The lowest BCUT2D eigenvalue weighted by atomic mass is 10.0. The Balaban J connectivity index is 2.69. The Labute approximate surface area is 119 Å². The molecule has 1 aromatic carbocycles. The molecule has 108 valence electrons. The molecule has 0 bridgehead atoms. The van der Waals surface area contributed by atoms with Crippen molar-refractivity contribution in [1.29, 1.82) is 5.26 Å². The zero-order valence-corrected chi connectivity index (χ0v) is 12.0. The molecule has 1 amide bonds. The van der Waals surface area contributed by atoms with Crippen LogP contribution in [0.1, 0.15) is 24.5 Å². The number of nitrogens with one attached hydrogen (secondary N) is 1. The average Bonchev–Trinajstić information content (AvgIpc) is 2.44. The predicted molar refractivity (Wildman–Crippen MR) is 77.3 cm³/mol. The van der Waals surface area contributed by atoms with Crippen LogP contribution in [0, 0.1) is 18.3 Å². The van der Waals surface area contributed by atoms with E-state index >= 15 is 0 Å². The lowest BCUT2D eigenvalue weighted by Crippen LogP contribution is -2.29. The quantitative estimate of drug-likeness (QED) is 0.734. The molecule has 0 heterocycles. The second kappa shape index (κ2) is 8.18. The maximum absolute atomic E-state index is 11.4. The van der Waals surface area contributed by atoms with Crippen LogP contribution in [0.2, 0.25) is 0 Å². The summed E-state index contributed by atoms with van der Waals surface area (Å²) in [5.41, 5.74) is 8.11. The number of carbonyl (C=O) groups is 1. The van der Waals surface area contributed by atoms with Gasteiger partial charge in [-0.15, -0.1) is 0 Å². The Kier molecular flexibility index (Phi) is 6.54. The third-order valence-corrected chi connectivity index (χ3v) is 2.95. The summed E-state index contributed by atoms with van der Waals surface area (Å²) >= 11 is 0. The number of ether oxygens (including phenoxy) is 1. The van der Waals surface area contributed by atoms with Crippen molar-refractivity contribution in [3.8, 4) is 11.8 Å². The third kappa shape index (κ3) is 5.29. The number of aryl methyl sites for hydroxylation is 1. The van der Waals surface area contributed by atoms with Gasteiger partial charge >= 0.3 is 0 Å². The summed E-state index contributed by atoms with van der Waals surface area (Å²) in [6.07, 6.45) is 1.60. The minimum absolute atomic E-state index is 0.0103. The lowest BCUT2D eigenvalue weighted by Gasteiger charge is -2.15. The standard InChI is InChI=1S/C15H21N3O2/c1-3-13(17)9-12-8-11(2)4-5-14(12)20-10-15(19)18-7-6-16/h4-5,8,13H,3,7,9-10,17H2,1-2H3,(H,18,19). The highest BCUT2D eigenvalue weighted by atomic mass is 16.5. The van der Waals surface area contributed by atoms with Crippen LogP contribution in [-0.4, -0.2) is 25.1 Å². The molecule has 3 N–H and O–H groups in total. The SMILES string of the molecule is CCC(N)Cc1cc(C)ccc1OCC(=O)NCC#N. The van der Waals surface area contributed by atoms with Gasteiger partial charge in [-0.05, 0) is 31.4 Å². The first kappa shape index (κ1) is 16.0. The first-order valence-corrected chi connectivity index (χ1v) is 6.68. The van der Waals surface area contributed by atoms with Crippen molar-refractivity contribution in [2.24, 2.45) is 5.73 Å². The fraction of sp³-hybridized carbons (Fsp3) is 0.467. The summed E-state index contributed by atoms with van der Waals surface area (Å²) < 4.78 is 5.52. The maximum Gasteiger partial charge on any atom is 0.258 e. The van der Waals surface area contributed by atoms with Gasteiger partial charge < -0.3 is 15.8 Å². The summed E-state index contributed by atoms with van der Waals surface area (Å²) in [7, 11) is 0. The van der Waals surface area contributed by atoms with Crippen LogP contribution in [0.15, 0.2) is 18.2 Å². The van der Waals surface area contributed by atoms with Crippen molar-refractivity contribution in [3.05, 3.63) is 29.3 Å². The number of nitrogens with zero attached hydrogens (tertiary/aromatic N) is 1. The zero-order chi connectivity index (χ0) is 15.0. The monoisotopic (exact) mass is 275 g/mol. The lowest BCUT2D eigenvalue weighted by molar-refractivity contribution is -0.122. The molecule has 5 heteroatoms. The summed E-state index contributed by atoms with van der Waals surface area (Å²) in [5, 5.41) is 10.8. The molecule has 5 nitrogen and oxygen atoms in total. The van der Waals surface area contributed by atoms with Crippen LogP contribution in [-0.2, 0) is 11.2 Å². The highest BCUT2D eigenvalue weighted by Gasteiger charge is 2.10. The van der Waals surface area contributed by atoms with Gasteiger partial charge in [0.1, 0.15) is 12.3 Å². The molecule has 0 saturated carbocycles. The molecular weight excluding hydrogens is 254 g/mol. The topological polar surface area (TPSA) is 88.1 Å².